The van der Waals surface area contributed by atoms with Gasteiger partial charge in [0.15, 0.2) is 5.78 Å². The van der Waals surface area contributed by atoms with Crippen LogP contribution < -0.4 is 0 Å². The quantitative estimate of drug-likeness (QED) is 0.275. The summed E-state index contributed by atoms with van der Waals surface area (Å²) in [6.07, 6.45) is 2.89. The Balaban J connectivity index is 1.93. The lowest BCUT2D eigenvalue weighted by Crippen LogP contribution is -2.05. The molecule has 0 N–H and O–H groups in total. The highest BCUT2D eigenvalue weighted by Gasteiger charge is 2.19. The number of benzene rings is 3. The van der Waals surface area contributed by atoms with Crippen molar-refractivity contribution >= 4 is 34.4 Å². The molecule has 4 aromatic rings. The zero-order valence-electron chi connectivity index (χ0n) is 15.7. The van der Waals surface area contributed by atoms with Gasteiger partial charge < -0.3 is 0 Å². The maximum Gasteiger partial charge on any atom is 0.188 e. The molecule has 1 heterocycles. The van der Waals surface area contributed by atoms with E-state index in [0.29, 0.717) is 21.8 Å². The first-order valence-corrected chi connectivity index (χ1v) is 9.54. The Bertz CT molecular complexity index is 1250. The molecule has 0 aliphatic carbocycles. The Morgan fingerprint density at radius 2 is 1.72 bits per heavy atom. The van der Waals surface area contributed by atoms with Crippen molar-refractivity contribution in [3.8, 4) is 11.1 Å². The van der Waals surface area contributed by atoms with Gasteiger partial charge in [-0.1, -0.05) is 60.1 Å². The molecule has 0 amide bonds. The first-order chi connectivity index (χ1) is 14.0. The molecule has 0 radical (unpaired) electrons. The smallest absolute Gasteiger partial charge is 0.188 e. The van der Waals surface area contributed by atoms with E-state index < -0.39 is 0 Å². The van der Waals surface area contributed by atoms with Gasteiger partial charge in [-0.25, -0.2) is 4.39 Å². The number of ketones is 1. The number of aromatic nitrogens is 1. The van der Waals surface area contributed by atoms with E-state index in [2.05, 4.69) is 4.98 Å². The molecule has 0 bridgehead atoms. The number of carbonyl (C=O) groups is 1. The number of carbonyl (C=O) groups excluding carboxylic acids is 1. The molecule has 4 rings (SSSR count). The molecular formula is C25H17ClFNO. The summed E-state index contributed by atoms with van der Waals surface area (Å²) in [5.74, 6) is -0.612. The minimum Gasteiger partial charge on any atom is -0.289 e. The molecule has 0 aliphatic heterocycles. The molecular weight excluding hydrogens is 385 g/mol. The Hall–Kier alpha value is -3.30. The highest BCUT2D eigenvalue weighted by atomic mass is 35.5. The fourth-order valence-corrected chi connectivity index (χ4v) is 3.60. The maximum absolute atomic E-state index is 13.9. The fraction of sp³-hybridized carbons (Fsp3) is 0.0400. The molecule has 0 fully saturated rings. The van der Waals surface area contributed by atoms with E-state index in [1.807, 2.05) is 49.4 Å². The second-order valence-corrected chi connectivity index (χ2v) is 7.13. The molecule has 0 saturated heterocycles. The predicted molar refractivity (Wildman–Crippen MR) is 117 cm³/mol. The van der Waals surface area contributed by atoms with E-state index in [1.54, 1.807) is 24.3 Å². The first-order valence-electron chi connectivity index (χ1n) is 9.17. The third kappa shape index (κ3) is 3.82. The minimum atomic E-state index is -0.375. The first kappa shape index (κ1) is 19.0. The third-order valence-electron chi connectivity index (χ3n) is 4.76. The SMILES string of the molecule is Cc1nc2ccc(Cl)cc2c(-c2ccccc2)c1C(=O)/C=C/c1ccccc1F. The van der Waals surface area contributed by atoms with E-state index in [9.17, 15) is 9.18 Å². The van der Waals surface area contributed by atoms with Crippen LogP contribution in [0.4, 0.5) is 4.39 Å². The van der Waals surface area contributed by atoms with Gasteiger partial charge in [-0.15, -0.1) is 0 Å². The van der Waals surface area contributed by atoms with Gasteiger partial charge in [-0.2, -0.15) is 0 Å². The van der Waals surface area contributed by atoms with Gasteiger partial charge in [0.1, 0.15) is 5.82 Å². The molecule has 3 aromatic carbocycles. The molecule has 142 valence electrons. The molecule has 0 atom stereocenters. The summed E-state index contributed by atoms with van der Waals surface area (Å²) >= 11 is 6.24. The van der Waals surface area contributed by atoms with Crippen LogP contribution in [0.15, 0.2) is 78.9 Å². The van der Waals surface area contributed by atoms with Crippen LogP contribution >= 0.6 is 11.6 Å². The van der Waals surface area contributed by atoms with Crippen LogP contribution in [0.5, 0.6) is 0 Å². The van der Waals surface area contributed by atoms with E-state index in [1.165, 1.54) is 18.2 Å². The summed E-state index contributed by atoms with van der Waals surface area (Å²) in [6, 6.07) is 21.5. The third-order valence-corrected chi connectivity index (χ3v) is 4.99. The predicted octanol–water partition coefficient (Wildman–Crippen LogP) is 6.90. The van der Waals surface area contributed by atoms with Crippen molar-refractivity contribution in [1.29, 1.82) is 0 Å². The van der Waals surface area contributed by atoms with E-state index in [0.717, 1.165) is 22.0 Å². The molecule has 2 nitrogen and oxygen atoms in total. The van der Waals surface area contributed by atoms with Crippen LogP contribution in [-0.4, -0.2) is 10.8 Å². The number of hydrogen-bond donors (Lipinski definition) is 0. The summed E-state index contributed by atoms with van der Waals surface area (Å²) in [4.78, 5) is 17.8. The largest absolute Gasteiger partial charge is 0.289 e. The topological polar surface area (TPSA) is 30.0 Å². The van der Waals surface area contributed by atoms with Gasteiger partial charge in [0.05, 0.1) is 11.1 Å². The summed E-state index contributed by atoms with van der Waals surface area (Å²) < 4.78 is 13.9. The van der Waals surface area contributed by atoms with Crippen LogP contribution in [-0.2, 0) is 0 Å². The standard InChI is InChI=1S/C25H17ClFNO/c1-16-24(23(29)14-11-17-7-5-6-10-21(17)27)25(18-8-3-2-4-9-18)20-15-19(26)12-13-22(20)28-16/h2-15H,1H3/b14-11+. The highest BCUT2D eigenvalue weighted by Crippen LogP contribution is 2.35. The van der Waals surface area contributed by atoms with E-state index >= 15 is 0 Å². The normalized spacial score (nSPS) is 11.3. The highest BCUT2D eigenvalue weighted by molar-refractivity contribution is 6.31. The number of aryl methyl sites for hydroxylation is 1. The Morgan fingerprint density at radius 3 is 2.48 bits per heavy atom. The summed E-state index contributed by atoms with van der Waals surface area (Å²) in [5, 5.41) is 1.37. The Morgan fingerprint density at radius 1 is 1.00 bits per heavy atom. The number of nitrogens with zero attached hydrogens (tertiary/aromatic N) is 1. The summed E-state index contributed by atoms with van der Waals surface area (Å²) in [7, 11) is 0. The fourth-order valence-electron chi connectivity index (χ4n) is 3.42. The zero-order valence-corrected chi connectivity index (χ0v) is 16.5. The van der Waals surface area contributed by atoms with Crippen LogP contribution in [0, 0.1) is 12.7 Å². The van der Waals surface area contributed by atoms with Crippen molar-refractivity contribution in [2.45, 2.75) is 6.92 Å². The van der Waals surface area contributed by atoms with Crippen molar-refractivity contribution < 1.29 is 9.18 Å². The molecule has 0 saturated carbocycles. The van der Waals surface area contributed by atoms with Crippen molar-refractivity contribution in [2.75, 3.05) is 0 Å². The number of hydrogen-bond acceptors (Lipinski definition) is 2. The van der Waals surface area contributed by atoms with Gasteiger partial charge in [0.25, 0.3) is 0 Å². The van der Waals surface area contributed by atoms with Crippen LogP contribution in [0.25, 0.3) is 28.1 Å². The number of pyridine rings is 1. The molecule has 0 unspecified atom stereocenters. The van der Waals surface area contributed by atoms with Gasteiger partial charge in [0, 0.05) is 27.2 Å². The van der Waals surface area contributed by atoms with Crippen molar-refractivity contribution in [2.24, 2.45) is 0 Å². The minimum absolute atomic E-state index is 0.237. The Kier molecular flexibility index (Phi) is 5.24. The second-order valence-electron chi connectivity index (χ2n) is 6.69. The monoisotopic (exact) mass is 401 g/mol. The Labute approximate surface area is 173 Å². The lowest BCUT2D eigenvalue weighted by molar-refractivity contribution is 0.104. The average molecular weight is 402 g/mol. The van der Waals surface area contributed by atoms with Gasteiger partial charge in [-0.3, -0.25) is 9.78 Å². The van der Waals surface area contributed by atoms with Crippen LogP contribution in [0.2, 0.25) is 5.02 Å². The number of allylic oxidation sites excluding steroid dienone is 1. The van der Waals surface area contributed by atoms with E-state index in [4.69, 9.17) is 11.6 Å². The van der Waals surface area contributed by atoms with Crippen molar-refractivity contribution in [1.82, 2.24) is 4.98 Å². The molecule has 0 spiro atoms. The lowest BCUT2D eigenvalue weighted by atomic mass is 9.92. The van der Waals surface area contributed by atoms with Crippen molar-refractivity contribution in [3.05, 3.63) is 107 Å². The lowest BCUT2D eigenvalue weighted by Gasteiger charge is -2.14. The van der Waals surface area contributed by atoms with E-state index in [-0.39, 0.29) is 11.6 Å². The maximum atomic E-state index is 13.9. The number of rotatable bonds is 4. The van der Waals surface area contributed by atoms with Gasteiger partial charge >= 0.3 is 0 Å². The summed E-state index contributed by atoms with van der Waals surface area (Å²) in [6.45, 7) is 1.81. The van der Waals surface area contributed by atoms with Crippen LogP contribution in [0.1, 0.15) is 21.6 Å². The summed E-state index contributed by atoms with van der Waals surface area (Å²) in [5.41, 5.74) is 3.89. The average Bonchev–Trinajstić information content (AvgIpc) is 2.73. The number of halogens is 2. The van der Waals surface area contributed by atoms with Gasteiger partial charge in [-0.05, 0) is 48.9 Å². The molecule has 29 heavy (non-hydrogen) atoms. The second kappa shape index (κ2) is 7.98. The van der Waals surface area contributed by atoms with Crippen LogP contribution in [0.3, 0.4) is 0 Å². The van der Waals surface area contributed by atoms with Gasteiger partial charge in [0.2, 0.25) is 0 Å². The number of fused-ring (bicyclic) bond motifs is 1. The molecule has 4 heteroatoms. The molecule has 1 aromatic heterocycles. The van der Waals surface area contributed by atoms with Crippen molar-refractivity contribution in [3.63, 3.8) is 0 Å². The molecule has 0 aliphatic rings. The zero-order chi connectivity index (χ0) is 20.4.